The second-order valence-electron chi connectivity index (χ2n) is 4.94. The maximum Gasteiger partial charge on any atom is 0.504 e. The highest BCUT2D eigenvalue weighted by atomic mass is 35.5. The number of nitrogens with zero attached hydrogens (tertiary/aromatic N) is 3. The van der Waals surface area contributed by atoms with Crippen LogP contribution in [0.4, 0.5) is 13.2 Å². The van der Waals surface area contributed by atoms with Crippen LogP contribution < -0.4 is 0 Å². The molecule has 1 heterocycles. The molecule has 1 saturated carbocycles. The minimum Gasteiger partial charge on any atom is -0.337 e. The average Bonchev–Trinajstić information content (AvgIpc) is 3.09. The Morgan fingerprint density at radius 1 is 1.50 bits per heavy atom. The van der Waals surface area contributed by atoms with Crippen molar-refractivity contribution in [3.05, 3.63) is 18.0 Å². The topological polar surface area (TPSA) is 38.1 Å². The normalized spacial score (nSPS) is 15.4. The summed E-state index contributed by atoms with van der Waals surface area (Å²) in [5.41, 5.74) is 0.344. The van der Waals surface area contributed by atoms with Gasteiger partial charge in [-0.15, -0.1) is 24.8 Å². The predicted molar refractivity (Wildman–Crippen MR) is 67.0 cm³/mol. The fourth-order valence-corrected chi connectivity index (χ4v) is 2.09. The lowest BCUT2D eigenvalue weighted by atomic mass is 10.2. The zero-order chi connectivity index (χ0) is 14.8. The van der Waals surface area contributed by atoms with Gasteiger partial charge in [0.1, 0.15) is 5.88 Å². The Kier molecular flexibility index (Phi) is 4.57. The number of hydrogen-bond donors (Lipinski definition) is 0. The molecular formula is C12H15ClF3N3O. The van der Waals surface area contributed by atoms with Gasteiger partial charge in [0.25, 0.3) is 0 Å². The Bertz CT molecular complexity index is 471. The van der Waals surface area contributed by atoms with E-state index in [4.69, 9.17) is 11.6 Å². The highest BCUT2D eigenvalue weighted by Gasteiger charge is 2.32. The van der Waals surface area contributed by atoms with Crippen LogP contribution in [0, 0.1) is 5.92 Å². The lowest BCUT2D eigenvalue weighted by Crippen LogP contribution is -2.32. The van der Waals surface area contributed by atoms with Gasteiger partial charge in [-0.2, -0.15) is 9.78 Å². The fourth-order valence-electron chi connectivity index (χ4n) is 1.92. The SMILES string of the molecule is O=C(CCl)N(CCC1CC1)Cc1cnn(C(F)(F)F)c1. The molecule has 1 aromatic rings. The van der Waals surface area contributed by atoms with Crippen LogP contribution in [0.5, 0.6) is 0 Å². The number of rotatable bonds is 6. The Morgan fingerprint density at radius 2 is 2.20 bits per heavy atom. The van der Waals surface area contributed by atoms with Crippen LogP contribution >= 0.6 is 11.6 Å². The van der Waals surface area contributed by atoms with Crippen molar-refractivity contribution >= 4 is 17.5 Å². The summed E-state index contributed by atoms with van der Waals surface area (Å²) in [6, 6.07) is 0. The fraction of sp³-hybridized carbons (Fsp3) is 0.667. The Balaban J connectivity index is 1.98. The second kappa shape index (κ2) is 6.03. The van der Waals surface area contributed by atoms with E-state index in [9.17, 15) is 18.0 Å². The molecule has 0 spiro atoms. The molecule has 1 amide bonds. The van der Waals surface area contributed by atoms with E-state index in [2.05, 4.69) is 5.10 Å². The summed E-state index contributed by atoms with van der Waals surface area (Å²) in [6.45, 7) is 0.627. The summed E-state index contributed by atoms with van der Waals surface area (Å²) < 4.78 is 37.2. The summed E-state index contributed by atoms with van der Waals surface area (Å²) in [5.74, 6) is 0.198. The maximum absolute atomic E-state index is 12.4. The summed E-state index contributed by atoms with van der Waals surface area (Å²) in [5, 5.41) is 3.25. The lowest BCUT2D eigenvalue weighted by molar-refractivity contribution is -0.212. The van der Waals surface area contributed by atoms with Crippen molar-refractivity contribution in [2.75, 3.05) is 12.4 Å². The first-order valence-corrected chi connectivity index (χ1v) is 6.88. The number of carbonyl (C=O) groups excluding carboxylic acids is 1. The molecule has 0 aromatic carbocycles. The molecule has 0 atom stereocenters. The Labute approximate surface area is 119 Å². The van der Waals surface area contributed by atoms with Crippen molar-refractivity contribution in [3.8, 4) is 0 Å². The first-order chi connectivity index (χ1) is 9.40. The summed E-state index contributed by atoms with van der Waals surface area (Å²) in [4.78, 5) is 13.2. The molecule has 0 unspecified atom stereocenters. The molecule has 2 rings (SSSR count). The van der Waals surface area contributed by atoms with Gasteiger partial charge in [0.2, 0.25) is 5.91 Å². The third-order valence-electron chi connectivity index (χ3n) is 3.24. The number of hydrogen-bond acceptors (Lipinski definition) is 2. The van der Waals surface area contributed by atoms with E-state index >= 15 is 0 Å². The van der Waals surface area contributed by atoms with Crippen LogP contribution in [0.15, 0.2) is 12.4 Å². The number of halogens is 4. The number of carbonyl (C=O) groups is 1. The number of alkyl halides is 4. The minimum atomic E-state index is -4.53. The molecular weight excluding hydrogens is 295 g/mol. The molecule has 0 bridgehead atoms. The van der Waals surface area contributed by atoms with Crippen molar-refractivity contribution in [2.24, 2.45) is 5.92 Å². The third kappa shape index (κ3) is 4.13. The van der Waals surface area contributed by atoms with Crippen LogP contribution in [0.2, 0.25) is 0 Å². The number of aromatic nitrogens is 2. The van der Waals surface area contributed by atoms with Crippen molar-refractivity contribution < 1.29 is 18.0 Å². The molecule has 20 heavy (non-hydrogen) atoms. The molecule has 1 aliphatic rings. The monoisotopic (exact) mass is 309 g/mol. The van der Waals surface area contributed by atoms with Gasteiger partial charge >= 0.3 is 6.30 Å². The van der Waals surface area contributed by atoms with Gasteiger partial charge in [0.05, 0.1) is 6.20 Å². The minimum absolute atomic E-state index is 0.0629. The van der Waals surface area contributed by atoms with E-state index < -0.39 is 6.30 Å². The van der Waals surface area contributed by atoms with Gasteiger partial charge in [-0.3, -0.25) is 4.79 Å². The maximum atomic E-state index is 12.4. The van der Waals surface area contributed by atoms with Crippen molar-refractivity contribution in [1.82, 2.24) is 14.7 Å². The second-order valence-corrected chi connectivity index (χ2v) is 5.21. The van der Waals surface area contributed by atoms with E-state index in [1.54, 1.807) is 0 Å². The van der Waals surface area contributed by atoms with E-state index in [1.165, 1.54) is 4.90 Å². The van der Waals surface area contributed by atoms with Gasteiger partial charge < -0.3 is 4.90 Å². The van der Waals surface area contributed by atoms with Crippen LogP contribution in [-0.4, -0.2) is 33.0 Å². The first-order valence-electron chi connectivity index (χ1n) is 6.34. The van der Waals surface area contributed by atoms with Crippen LogP contribution in [0.25, 0.3) is 0 Å². The standard InChI is InChI=1S/C12H15ClF3N3O/c13-5-11(20)18(4-3-9-1-2-9)7-10-6-17-19(8-10)12(14,15)16/h6,8-9H,1-5,7H2. The van der Waals surface area contributed by atoms with E-state index in [0.29, 0.717) is 18.0 Å². The van der Waals surface area contributed by atoms with Gasteiger partial charge in [-0.1, -0.05) is 12.8 Å². The average molecular weight is 310 g/mol. The molecule has 0 aliphatic heterocycles. The van der Waals surface area contributed by atoms with Gasteiger partial charge in [0, 0.05) is 24.8 Å². The highest BCUT2D eigenvalue weighted by molar-refractivity contribution is 6.27. The Hall–Kier alpha value is -1.24. The molecule has 1 aliphatic carbocycles. The smallest absolute Gasteiger partial charge is 0.337 e. The number of amides is 1. The van der Waals surface area contributed by atoms with Crippen molar-refractivity contribution in [3.63, 3.8) is 0 Å². The summed E-state index contributed by atoms with van der Waals surface area (Å²) >= 11 is 5.53. The lowest BCUT2D eigenvalue weighted by Gasteiger charge is -2.21. The first kappa shape index (κ1) is 15.2. The Morgan fingerprint density at radius 3 is 2.70 bits per heavy atom. The van der Waals surface area contributed by atoms with Crippen LogP contribution in [-0.2, 0) is 17.6 Å². The molecule has 8 heteroatoms. The zero-order valence-electron chi connectivity index (χ0n) is 10.7. The van der Waals surface area contributed by atoms with Crippen molar-refractivity contribution in [2.45, 2.75) is 32.1 Å². The third-order valence-corrected chi connectivity index (χ3v) is 3.47. The van der Waals surface area contributed by atoms with E-state index in [-0.39, 0.29) is 23.0 Å². The van der Waals surface area contributed by atoms with Crippen LogP contribution in [0.3, 0.4) is 0 Å². The molecule has 4 nitrogen and oxygen atoms in total. The van der Waals surface area contributed by atoms with Gasteiger partial charge in [-0.05, 0) is 12.3 Å². The highest BCUT2D eigenvalue weighted by Crippen LogP contribution is 2.32. The summed E-state index contributed by atoms with van der Waals surface area (Å²) in [7, 11) is 0. The molecule has 0 N–H and O–H groups in total. The molecule has 112 valence electrons. The van der Waals surface area contributed by atoms with Gasteiger partial charge in [-0.25, -0.2) is 0 Å². The van der Waals surface area contributed by atoms with E-state index in [0.717, 1.165) is 31.7 Å². The van der Waals surface area contributed by atoms with Crippen molar-refractivity contribution in [1.29, 1.82) is 0 Å². The zero-order valence-corrected chi connectivity index (χ0v) is 11.5. The van der Waals surface area contributed by atoms with E-state index in [1.807, 2.05) is 0 Å². The molecule has 0 saturated heterocycles. The summed E-state index contributed by atoms with van der Waals surface area (Å²) in [6.07, 6.45) is 0.679. The quantitative estimate of drug-likeness (QED) is 0.758. The van der Waals surface area contributed by atoms with Gasteiger partial charge in [0.15, 0.2) is 0 Å². The molecule has 1 aromatic heterocycles. The predicted octanol–water partition coefficient (Wildman–Crippen LogP) is 2.73. The van der Waals surface area contributed by atoms with Crippen LogP contribution in [0.1, 0.15) is 24.8 Å². The molecule has 1 fully saturated rings. The molecule has 0 radical (unpaired) electrons. The largest absolute Gasteiger partial charge is 0.504 e.